The van der Waals surface area contributed by atoms with E-state index in [9.17, 15) is 4.39 Å². The van der Waals surface area contributed by atoms with Gasteiger partial charge in [0.25, 0.3) is 0 Å². The highest BCUT2D eigenvalue weighted by Gasteiger charge is 2.12. The molecular formula is C11H11BrFNO. The second kappa shape index (κ2) is 4.33. The molecule has 0 aliphatic rings. The van der Waals surface area contributed by atoms with Gasteiger partial charge in [0.15, 0.2) is 5.58 Å². The first-order valence-corrected chi connectivity index (χ1v) is 5.52. The zero-order valence-electron chi connectivity index (χ0n) is 8.31. The number of furan rings is 1. The van der Waals surface area contributed by atoms with Crippen LogP contribution in [0.15, 0.2) is 27.3 Å². The van der Waals surface area contributed by atoms with Crippen molar-refractivity contribution >= 4 is 26.9 Å². The largest absolute Gasteiger partial charge is 0.463 e. The fourth-order valence-electron chi connectivity index (χ4n) is 1.58. The van der Waals surface area contributed by atoms with Gasteiger partial charge in [-0.15, -0.1) is 0 Å². The van der Waals surface area contributed by atoms with Crippen molar-refractivity contribution in [2.75, 3.05) is 13.6 Å². The van der Waals surface area contributed by atoms with Crippen molar-refractivity contribution in [3.63, 3.8) is 0 Å². The van der Waals surface area contributed by atoms with Crippen molar-refractivity contribution in [1.29, 1.82) is 0 Å². The summed E-state index contributed by atoms with van der Waals surface area (Å²) >= 11 is 3.34. The Labute approximate surface area is 95.6 Å². The van der Waals surface area contributed by atoms with E-state index < -0.39 is 0 Å². The van der Waals surface area contributed by atoms with Crippen molar-refractivity contribution < 1.29 is 8.81 Å². The fraction of sp³-hybridized carbons (Fsp3) is 0.273. The van der Waals surface area contributed by atoms with Crippen LogP contribution in [-0.4, -0.2) is 13.6 Å². The highest BCUT2D eigenvalue weighted by molar-refractivity contribution is 9.10. The number of halogens is 2. The molecule has 0 aliphatic heterocycles. The average molecular weight is 272 g/mol. The molecule has 1 heterocycles. The van der Waals surface area contributed by atoms with Crippen molar-refractivity contribution in [3.05, 3.63) is 34.2 Å². The summed E-state index contributed by atoms with van der Waals surface area (Å²) in [6, 6.07) is 3.10. The first-order chi connectivity index (χ1) is 7.24. The molecule has 0 saturated carbocycles. The molecule has 1 aromatic carbocycles. The highest BCUT2D eigenvalue weighted by atomic mass is 79.9. The predicted molar refractivity (Wildman–Crippen MR) is 61.5 cm³/mol. The van der Waals surface area contributed by atoms with Crippen molar-refractivity contribution in [1.82, 2.24) is 5.32 Å². The van der Waals surface area contributed by atoms with Gasteiger partial charge in [-0.25, -0.2) is 4.39 Å². The summed E-state index contributed by atoms with van der Waals surface area (Å²) in [6.45, 7) is 0.806. The van der Waals surface area contributed by atoms with E-state index in [1.807, 2.05) is 7.05 Å². The molecule has 0 aliphatic carbocycles. The van der Waals surface area contributed by atoms with Crippen LogP contribution in [0.4, 0.5) is 4.39 Å². The minimum atomic E-state index is -0.229. The lowest BCUT2D eigenvalue weighted by atomic mass is 10.1. The van der Waals surface area contributed by atoms with E-state index in [0.717, 1.165) is 23.0 Å². The van der Waals surface area contributed by atoms with Crippen LogP contribution < -0.4 is 5.32 Å². The zero-order valence-corrected chi connectivity index (χ0v) is 9.90. The van der Waals surface area contributed by atoms with Gasteiger partial charge in [0.1, 0.15) is 5.82 Å². The first-order valence-electron chi connectivity index (χ1n) is 4.72. The molecule has 0 unspecified atom stereocenters. The SMILES string of the molecule is CNCCc1coc2c(Br)ccc(F)c12. The Morgan fingerprint density at radius 3 is 3.00 bits per heavy atom. The fourth-order valence-corrected chi connectivity index (χ4v) is 2.00. The maximum absolute atomic E-state index is 13.6. The van der Waals surface area contributed by atoms with Gasteiger partial charge in [-0.1, -0.05) is 0 Å². The summed E-state index contributed by atoms with van der Waals surface area (Å²) < 4.78 is 19.7. The molecule has 80 valence electrons. The van der Waals surface area contributed by atoms with E-state index in [-0.39, 0.29) is 5.82 Å². The molecule has 1 aromatic heterocycles. The van der Waals surface area contributed by atoms with Crippen LogP contribution in [-0.2, 0) is 6.42 Å². The van der Waals surface area contributed by atoms with E-state index in [0.29, 0.717) is 11.0 Å². The van der Waals surface area contributed by atoms with Crippen LogP contribution in [0.25, 0.3) is 11.0 Å². The van der Waals surface area contributed by atoms with Crippen LogP contribution in [0.3, 0.4) is 0 Å². The maximum atomic E-state index is 13.6. The molecule has 4 heteroatoms. The molecule has 0 spiro atoms. The van der Waals surface area contributed by atoms with Crippen molar-refractivity contribution in [2.45, 2.75) is 6.42 Å². The van der Waals surface area contributed by atoms with Gasteiger partial charge in [-0.05, 0) is 48.1 Å². The maximum Gasteiger partial charge on any atom is 0.151 e. The number of benzene rings is 1. The number of likely N-dealkylation sites (N-methyl/N-ethyl adjacent to an activating group) is 1. The van der Waals surface area contributed by atoms with Gasteiger partial charge in [-0.3, -0.25) is 0 Å². The van der Waals surface area contributed by atoms with Gasteiger partial charge in [0.2, 0.25) is 0 Å². The molecule has 0 amide bonds. The average Bonchev–Trinajstić information content (AvgIpc) is 2.65. The molecule has 0 fully saturated rings. The van der Waals surface area contributed by atoms with Crippen LogP contribution in [0.2, 0.25) is 0 Å². The summed E-state index contributed by atoms with van der Waals surface area (Å²) in [7, 11) is 1.87. The lowest BCUT2D eigenvalue weighted by Gasteiger charge is -1.99. The summed E-state index contributed by atoms with van der Waals surface area (Å²) in [5.41, 5.74) is 1.49. The second-order valence-electron chi connectivity index (χ2n) is 3.35. The molecule has 2 aromatic rings. The normalized spacial score (nSPS) is 11.1. The monoisotopic (exact) mass is 271 g/mol. The molecule has 2 nitrogen and oxygen atoms in total. The van der Waals surface area contributed by atoms with Gasteiger partial charge in [0.05, 0.1) is 16.1 Å². The summed E-state index contributed by atoms with van der Waals surface area (Å²) in [5.74, 6) is -0.229. The van der Waals surface area contributed by atoms with Crippen LogP contribution >= 0.6 is 15.9 Å². The number of rotatable bonds is 3. The first kappa shape index (κ1) is 10.6. The third-order valence-corrected chi connectivity index (χ3v) is 2.97. The quantitative estimate of drug-likeness (QED) is 0.928. The lowest BCUT2D eigenvalue weighted by Crippen LogP contribution is -2.10. The molecule has 15 heavy (non-hydrogen) atoms. The standard InChI is InChI=1S/C11H11BrFNO/c1-14-5-4-7-6-15-11-8(12)2-3-9(13)10(7)11/h2-3,6,14H,4-5H2,1H3. The van der Waals surface area contributed by atoms with E-state index >= 15 is 0 Å². The van der Waals surface area contributed by atoms with Crippen LogP contribution in [0.1, 0.15) is 5.56 Å². The van der Waals surface area contributed by atoms with Gasteiger partial charge in [0, 0.05) is 5.56 Å². The Morgan fingerprint density at radius 1 is 1.47 bits per heavy atom. The third-order valence-electron chi connectivity index (χ3n) is 2.34. The van der Waals surface area contributed by atoms with Gasteiger partial charge in [-0.2, -0.15) is 0 Å². The van der Waals surface area contributed by atoms with Crippen molar-refractivity contribution in [2.24, 2.45) is 0 Å². The smallest absolute Gasteiger partial charge is 0.151 e. The Kier molecular flexibility index (Phi) is 3.07. The highest BCUT2D eigenvalue weighted by Crippen LogP contribution is 2.30. The second-order valence-corrected chi connectivity index (χ2v) is 4.20. The number of nitrogens with one attached hydrogen (secondary N) is 1. The topological polar surface area (TPSA) is 25.2 Å². The van der Waals surface area contributed by atoms with Crippen molar-refractivity contribution in [3.8, 4) is 0 Å². The minimum absolute atomic E-state index is 0.229. The molecule has 2 rings (SSSR count). The van der Waals surface area contributed by atoms with E-state index in [1.54, 1.807) is 12.3 Å². The number of hydrogen-bond acceptors (Lipinski definition) is 2. The van der Waals surface area contributed by atoms with E-state index in [1.165, 1.54) is 6.07 Å². The Balaban J connectivity index is 2.53. The Morgan fingerprint density at radius 2 is 2.27 bits per heavy atom. The number of fused-ring (bicyclic) bond motifs is 1. The summed E-state index contributed by atoms with van der Waals surface area (Å²) in [5, 5.41) is 3.61. The predicted octanol–water partition coefficient (Wildman–Crippen LogP) is 3.10. The minimum Gasteiger partial charge on any atom is -0.463 e. The van der Waals surface area contributed by atoms with Crippen LogP contribution in [0.5, 0.6) is 0 Å². The molecule has 0 atom stereocenters. The van der Waals surface area contributed by atoms with Gasteiger partial charge < -0.3 is 9.73 Å². The summed E-state index contributed by atoms with van der Waals surface area (Å²) in [4.78, 5) is 0. The molecule has 0 saturated heterocycles. The molecular weight excluding hydrogens is 261 g/mol. The lowest BCUT2D eigenvalue weighted by molar-refractivity contribution is 0.604. The summed E-state index contributed by atoms with van der Waals surface area (Å²) in [6.07, 6.45) is 2.38. The zero-order chi connectivity index (χ0) is 10.8. The Bertz CT molecular complexity index is 481. The number of hydrogen-bond donors (Lipinski definition) is 1. The van der Waals surface area contributed by atoms with Gasteiger partial charge >= 0.3 is 0 Å². The Hall–Kier alpha value is -0.870. The third kappa shape index (κ3) is 1.92. The molecule has 0 radical (unpaired) electrons. The van der Waals surface area contributed by atoms with E-state index in [2.05, 4.69) is 21.2 Å². The molecule has 1 N–H and O–H groups in total. The van der Waals surface area contributed by atoms with Crippen LogP contribution in [0, 0.1) is 5.82 Å². The molecule has 0 bridgehead atoms. The van der Waals surface area contributed by atoms with E-state index in [4.69, 9.17) is 4.42 Å².